The highest BCUT2D eigenvalue weighted by molar-refractivity contribution is 5.81. The molecule has 0 radical (unpaired) electrons. The van der Waals surface area contributed by atoms with Gasteiger partial charge in [0.15, 0.2) is 0 Å². The number of nitrogens with zero attached hydrogens (tertiary/aromatic N) is 1. The molecule has 0 bridgehead atoms. The molecule has 0 spiro atoms. The minimum absolute atomic E-state index is 0.0229. The molecule has 0 aromatic heterocycles. The summed E-state index contributed by atoms with van der Waals surface area (Å²) in [7, 11) is 0. The fourth-order valence-electron chi connectivity index (χ4n) is 2.77. The van der Waals surface area contributed by atoms with E-state index in [9.17, 15) is 14.9 Å². The first-order valence-corrected chi connectivity index (χ1v) is 7.74. The molecule has 120 valence electrons. The number of amides is 1. The van der Waals surface area contributed by atoms with Crippen LogP contribution in [0.3, 0.4) is 0 Å². The van der Waals surface area contributed by atoms with Crippen molar-refractivity contribution in [3.8, 4) is 0 Å². The van der Waals surface area contributed by atoms with E-state index in [-0.39, 0.29) is 24.2 Å². The van der Waals surface area contributed by atoms with Gasteiger partial charge >= 0.3 is 0 Å². The summed E-state index contributed by atoms with van der Waals surface area (Å²) in [6.07, 6.45) is 4.37. The average Bonchev–Trinajstić information content (AvgIpc) is 2.48. The van der Waals surface area contributed by atoms with Crippen molar-refractivity contribution in [3.05, 3.63) is 33.9 Å². The number of rotatable bonds is 5. The molecule has 1 aromatic carbocycles. The van der Waals surface area contributed by atoms with Crippen LogP contribution in [0.1, 0.15) is 38.2 Å². The van der Waals surface area contributed by atoms with Crippen molar-refractivity contribution in [3.63, 3.8) is 0 Å². The lowest BCUT2D eigenvalue weighted by Crippen LogP contribution is -2.40. The Hall–Kier alpha value is -2.11. The molecule has 0 saturated heterocycles. The van der Waals surface area contributed by atoms with Crippen molar-refractivity contribution in [2.24, 2.45) is 5.92 Å². The van der Waals surface area contributed by atoms with Crippen molar-refractivity contribution in [2.45, 2.75) is 45.6 Å². The van der Waals surface area contributed by atoms with Crippen LogP contribution in [0.5, 0.6) is 0 Å². The van der Waals surface area contributed by atoms with E-state index in [0.29, 0.717) is 5.69 Å². The molecular formula is C16H23N3O3. The van der Waals surface area contributed by atoms with Gasteiger partial charge in [-0.25, -0.2) is 0 Å². The Kier molecular flexibility index (Phi) is 5.35. The highest BCUT2D eigenvalue weighted by atomic mass is 16.6. The van der Waals surface area contributed by atoms with Gasteiger partial charge in [0.1, 0.15) is 0 Å². The summed E-state index contributed by atoms with van der Waals surface area (Å²) in [6.45, 7) is 4.23. The van der Waals surface area contributed by atoms with Crippen molar-refractivity contribution >= 4 is 17.3 Å². The summed E-state index contributed by atoms with van der Waals surface area (Å²) in [5.41, 5.74) is 1.53. The SMILES string of the molecule is Cc1ccc([N+](=O)[O-])cc1NCC(=O)NC1CCC(C)CC1. The van der Waals surface area contributed by atoms with Crippen molar-refractivity contribution < 1.29 is 9.72 Å². The lowest BCUT2D eigenvalue weighted by molar-refractivity contribution is -0.384. The molecular weight excluding hydrogens is 282 g/mol. The molecule has 0 unspecified atom stereocenters. The number of carbonyl (C=O) groups is 1. The third-order valence-electron chi connectivity index (χ3n) is 4.25. The maximum atomic E-state index is 12.0. The molecule has 22 heavy (non-hydrogen) atoms. The van der Waals surface area contributed by atoms with Gasteiger partial charge in [-0.3, -0.25) is 14.9 Å². The van der Waals surface area contributed by atoms with E-state index in [2.05, 4.69) is 17.6 Å². The number of aryl methyl sites for hydroxylation is 1. The topological polar surface area (TPSA) is 84.3 Å². The quantitative estimate of drug-likeness (QED) is 0.647. The monoisotopic (exact) mass is 305 g/mol. The summed E-state index contributed by atoms with van der Waals surface area (Å²) < 4.78 is 0. The summed E-state index contributed by atoms with van der Waals surface area (Å²) in [6, 6.07) is 4.87. The van der Waals surface area contributed by atoms with Gasteiger partial charge in [0.25, 0.3) is 5.69 Å². The Balaban J connectivity index is 1.85. The fraction of sp³-hybridized carbons (Fsp3) is 0.562. The molecule has 1 aliphatic rings. The maximum absolute atomic E-state index is 12.0. The molecule has 0 aliphatic heterocycles. The largest absolute Gasteiger partial charge is 0.376 e. The predicted octanol–water partition coefficient (Wildman–Crippen LogP) is 3.01. The summed E-state index contributed by atoms with van der Waals surface area (Å²) in [4.78, 5) is 22.3. The third-order valence-corrected chi connectivity index (χ3v) is 4.25. The van der Waals surface area contributed by atoms with Gasteiger partial charge in [0.05, 0.1) is 11.5 Å². The zero-order chi connectivity index (χ0) is 16.1. The van der Waals surface area contributed by atoms with Gasteiger partial charge in [-0.15, -0.1) is 0 Å². The van der Waals surface area contributed by atoms with Crippen molar-refractivity contribution in [2.75, 3.05) is 11.9 Å². The number of hydrogen-bond donors (Lipinski definition) is 2. The second kappa shape index (κ2) is 7.24. The number of nitro benzene ring substituents is 1. The van der Waals surface area contributed by atoms with Crippen LogP contribution in [0.2, 0.25) is 0 Å². The first-order valence-electron chi connectivity index (χ1n) is 7.74. The molecule has 1 fully saturated rings. The normalized spacial score (nSPS) is 21.2. The molecule has 1 amide bonds. The first-order chi connectivity index (χ1) is 10.5. The van der Waals surface area contributed by atoms with E-state index in [1.807, 2.05) is 6.92 Å². The molecule has 6 heteroatoms. The van der Waals surface area contributed by atoms with E-state index in [4.69, 9.17) is 0 Å². The smallest absolute Gasteiger partial charge is 0.271 e. The Morgan fingerprint density at radius 2 is 2.00 bits per heavy atom. The van der Waals surface area contributed by atoms with Crippen LogP contribution < -0.4 is 10.6 Å². The maximum Gasteiger partial charge on any atom is 0.271 e. The van der Waals surface area contributed by atoms with Crippen LogP contribution in [0.25, 0.3) is 0 Å². The number of non-ortho nitro benzene ring substituents is 1. The minimum Gasteiger partial charge on any atom is -0.376 e. The second-order valence-corrected chi connectivity index (χ2v) is 6.13. The van der Waals surface area contributed by atoms with Crippen molar-refractivity contribution in [1.29, 1.82) is 0 Å². The number of carbonyl (C=O) groups excluding carboxylic acids is 1. The van der Waals surface area contributed by atoms with Crippen LogP contribution >= 0.6 is 0 Å². The number of benzene rings is 1. The zero-order valence-corrected chi connectivity index (χ0v) is 13.1. The van der Waals surface area contributed by atoms with E-state index < -0.39 is 4.92 Å². The number of hydrogen-bond acceptors (Lipinski definition) is 4. The molecule has 1 saturated carbocycles. The summed E-state index contributed by atoms with van der Waals surface area (Å²) in [5, 5.41) is 16.8. The van der Waals surface area contributed by atoms with Crippen LogP contribution in [0, 0.1) is 23.0 Å². The number of nitrogens with one attached hydrogen (secondary N) is 2. The molecule has 2 rings (SSSR count). The molecule has 2 N–H and O–H groups in total. The van der Waals surface area contributed by atoms with E-state index >= 15 is 0 Å². The van der Waals surface area contributed by atoms with E-state index in [1.165, 1.54) is 12.1 Å². The number of nitro groups is 1. The Bertz CT molecular complexity index is 552. The third kappa shape index (κ3) is 4.44. The van der Waals surface area contributed by atoms with Gasteiger partial charge < -0.3 is 10.6 Å². The van der Waals surface area contributed by atoms with Gasteiger partial charge in [0.2, 0.25) is 5.91 Å². The summed E-state index contributed by atoms with van der Waals surface area (Å²) >= 11 is 0. The van der Waals surface area contributed by atoms with E-state index in [0.717, 1.165) is 37.2 Å². The zero-order valence-electron chi connectivity index (χ0n) is 13.1. The highest BCUT2D eigenvalue weighted by Crippen LogP contribution is 2.24. The van der Waals surface area contributed by atoms with Gasteiger partial charge in [-0.2, -0.15) is 0 Å². The predicted molar refractivity (Wildman–Crippen MR) is 85.9 cm³/mol. The minimum atomic E-state index is -0.437. The van der Waals surface area contributed by atoms with Crippen LogP contribution in [0.4, 0.5) is 11.4 Å². The Labute approximate surface area is 130 Å². The molecule has 6 nitrogen and oxygen atoms in total. The standard InChI is InChI=1S/C16H23N3O3/c1-11-3-6-13(7-4-11)18-16(20)10-17-15-9-14(19(21)22)8-5-12(15)2/h5,8-9,11,13,17H,3-4,6-7,10H2,1-2H3,(H,18,20). The lowest BCUT2D eigenvalue weighted by Gasteiger charge is -2.27. The molecule has 1 aliphatic carbocycles. The number of anilines is 1. The second-order valence-electron chi connectivity index (χ2n) is 6.13. The molecule has 0 atom stereocenters. The Morgan fingerprint density at radius 1 is 1.32 bits per heavy atom. The van der Waals surface area contributed by atoms with Crippen LogP contribution in [-0.4, -0.2) is 23.4 Å². The van der Waals surface area contributed by atoms with Crippen LogP contribution in [0.15, 0.2) is 18.2 Å². The van der Waals surface area contributed by atoms with Gasteiger partial charge in [-0.1, -0.05) is 13.0 Å². The first kappa shape index (κ1) is 16.3. The highest BCUT2D eigenvalue weighted by Gasteiger charge is 2.19. The average molecular weight is 305 g/mol. The lowest BCUT2D eigenvalue weighted by atomic mass is 9.87. The van der Waals surface area contributed by atoms with Gasteiger partial charge in [0, 0.05) is 23.9 Å². The molecule has 1 aromatic rings. The summed E-state index contributed by atoms with van der Waals surface area (Å²) in [5.74, 6) is 0.684. The fourth-order valence-corrected chi connectivity index (χ4v) is 2.77. The van der Waals surface area contributed by atoms with E-state index in [1.54, 1.807) is 6.07 Å². The van der Waals surface area contributed by atoms with Crippen molar-refractivity contribution in [1.82, 2.24) is 5.32 Å². The van der Waals surface area contributed by atoms with Gasteiger partial charge in [-0.05, 0) is 44.1 Å². The Morgan fingerprint density at radius 3 is 2.64 bits per heavy atom. The van der Waals surface area contributed by atoms with Crippen LogP contribution in [-0.2, 0) is 4.79 Å². The molecule has 0 heterocycles.